The van der Waals surface area contributed by atoms with Crippen molar-refractivity contribution in [3.8, 4) is 56.3 Å². The van der Waals surface area contributed by atoms with Crippen molar-refractivity contribution in [2.75, 3.05) is 0 Å². The molecule has 544 valence electrons. The molecule has 3 saturated carbocycles. The smallest absolute Gasteiger partial charge is 0.201 e. The van der Waals surface area contributed by atoms with Crippen LogP contribution in [0.5, 0.6) is 0 Å². The van der Waals surface area contributed by atoms with Crippen LogP contribution in [0.1, 0.15) is 263 Å². The third-order valence-electron chi connectivity index (χ3n) is 28.7. The Labute approximate surface area is 634 Å². The summed E-state index contributed by atoms with van der Waals surface area (Å²) in [5.74, 6) is 1.91. The van der Waals surface area contributed by atoms with Crippen molar-refractivity contribution in [1.29, 1.82) is 0 Å². The van der Waals surface area contributed by atoms with Gasteiger partial charge in [0.2, 0.25) is 28.5 Å². The first-order valence-electron chi connectivity index (χ1n) is 40.3. The molecule has 8 aliphatic rings. The molecule has 5 aromatic heterocycles. The standard InChI is InChI=1S/2C21H26N.2C20H26N.C18H20N/c2*1-14-8-6-7-9-15(14)19-12-16-17-10-11-21(4,20(17,2)3)18(16)13-22(19)5;1-14-9-7-8-10-15(14)18-11-16-17(12-21(18)6)20(4,5)13-19(16,2)3;1-14-9-7-8-10-15(14)18-17-16(11-12-21(18)6)19(2,3)13-20(17,4)5;1-12-5-3-4-6-15(12)18-17-14-8-7-13(11-14)16(17)9-10-19(18)2/h2*6-9,12-13,17H,10-11H2,1-5H3;2*7-12H,13H2,1-6H3;3-6,9-10,13-14H,7-8,11H2,1-2H3/q5*+1/i17D;;;;. The summed E-state index contributed by atoms with van der Waals surface area (Å²) in [6, 6.07) is 55.3. The number of hydrogen-bond acceptors (Lipinski definition) is 0. The molecule has 0 radical (unpaired) electrons. The molecule has 5 nitrogen and oxygen atoms in total. The fourth-order valence-electron chi connectivity index (χ4n) is 22.5. The van der Waals surface area contributed by atoms with Gasteiger partial charge >= 0.3 is 0 Å². The Balaban J connectivity index is 0.000000111. The number of pyridine rings is 5. The average Bonchev–Trinajstić information content (AvgIpc) is 1.51. The predicted octanol–water partition coefficient (Wildman–Crippen LogP) is 22.1. The van der Waals surface area contributed by atoms with E-state index in [1.54, 1.807) is 22.3 Å². The zero-order valence-corrected chi connectivity index (χ0v) is 68.7. The van der Waals surface area contributed by atoms with E-state index < -0.39 is 5.89 Å². The molecule has 0 aliphatic heterocycles. The first-order chi connectivity index (χ1) is 49.8. The van der Waals surface area contributed by atoms with E-state index in [-0.39, 0.29) is 32.5 Å². The lowest BCUT2D eigenvalue weighted by Crippen LogP contribution is -2.36. The predicted molar refractivity (Wildman–Crippen MR) is 436 cm³/mol. The number of benzene rings is 5. The number of aromatic nitrogens is 5. The first kappa shape index (κ1) is 72.4. The summed E-state index contributed by atoms with van der Waals surface area (Å²) in [6.45, 7) is 44.4. The zero-order valence-electron chi connectivity index (χ0n) is 69.7. The van der Waals surface area contributed by atoms with Crippen LogP contribution in [0.15, 0.2) is 183 Å². The molecule has 105 heavy (non-hydrogen) atoms. The summed E-state index contributed by atoms with van der Waals surface area (Å²) < 4.78 is 20.8. The van der Waals surface area contributed by atoms with E-state index in [1.165, 1.54) is 162 Å². The quantitative estimate of drug-likeness (QED) is 0.153. The highest BCUT2D eigenvalue weighted by molar-refractivity contribution is 5.71. The summed E-state index contributed by atoms with van der Waals surface area (Å²) in [4.78, 5) is 0. The molecule has 0 N–H and O–H groups in total. The Morgan fingerprint density at radius 3 is 1.26 bits per heavy atom. The van der Waals surface area contributed by atoms with Gasteiger partial charge in [0.15, 0.2) is 31.0 Å². The van der Waals surface area contributed by atoms with Crippen LogP contribution in [0.25, 0.3) is 56.3 Å². The maximum absolute atomic E-state index is 9.25. The maximum Gasteiger partial charge on any atom is 0.216 e. The van der Waals surface area contributed by atoms with Gasteiger partial charge in [0.25, 0.3) is 0 Å². The second-order valence-corrected chi connectivity index (χ2v) is 37.8. The molecule has 10 aromatic rings. The Morgan fingerprint density at radius 2 is 0.733 bits per heavy atom. The summed E-state index contributed by atoms with van der Waals surface area (Å²) in [6.07, 6.45) is 22.9. The number of rotatable bonds is 5. The molecule has 3 fully saturated rings. The molecule has 18 rings (SSSR count). The third kappa shape index (κ3) is 12.1. The van der Waals surface area contributed by atoms with Crippen LogP contribution in [0.4, 0.5) is 0 Å². The molecule has 5 heterocycles. The van der Waals surface area contributed by atoms with E-state index in [4.69, 9.17) is 0 Å². The third-order valence-corrected chi connectivity index (χ3v) is 28.7. The van der Waals surface area contributed by atoms with Crippen LogP contribution in [-0.2, 0) is 67.7 Å². The van der Waals surface area contributed by atoms with Gasteiger partial charge in [-0.05, 0) is 235 Å². The van der Waals surface area contributed by atoms with Crippen molar-refractivity contribution in [2.24, 2.45) is 46.1 Å². The van der Waals surface area contributed by atoms with Crippen molar-refractivity contribution >= 4 is 0 Å². The van der Waals surface area contributed by atoms with Crippen LogP contribution < -0.4 is 22.8 Å². The summed E-state index contributed by atoms with van der Waals surface area (Å²) in [7, 11) is 10.9. The molecule has 6 unspecified atom stereocenters. The fourth-order valence-corrected chi connectivity index (χ4v) is 22.5. The van der Waals surface area contributed by atoms with E-state index in [9.17, 15) is 1.37 Å². The molecule has 5 aromatic carbocycles. The highest BCUT2D eigenvalue weighted by Crippen LogP contribution is 2.69. The van der Waals surface area contributed by atoms with Gasteiger partial charge in [-0.2, -0.15) is 0 Å². The van der Waals surface area contributed by atoms with Crippen molar-refractivity contribution in [3.63, 3.8) is 0 Å². The van der Waals surface area contributed by atoms with Crippen molar-refractivity contribution in [3.05, 3.63) is 266 Å². The summed E-state index contributed by atoms with van der Waals surface area (Å²) in [5.41, 5.74) is 37.2. The van der Waals surface area contributed by atoms with E-state index >= 15 is 0 Å². The van der Waals surface area contributed by atoms with Crippen LogP contribution in [0.2, 0.25) is 0 Å². The second-order valence-electron chi connectivity index (χ2n) is 37.8. The van der Waals surface area contributed by atoms with Crippen LogP contribution in [0, 0.1) is 45.4 Å². The summed E-state index contributed by atoms with van der Waals surface area (Å²) in [5, 5.41) is 0. The first-order valence-corrected chi connectivity index (χ1v) is 39.8. The Morgan fingerprint density at radius 1 is 0.343 bits per heavy atom. The van der Waals surface area contributed by atoms with Crippen LogP contribution >= 0.6 is 0 Å². The Hall–Kier alpha value is -8.15. The van der Waals surface area contributed by atoms with Crippen molar-refractivity contribution in [1.82, 2.24) is 0 Å². The Kier molecular flexibility index (Phi) is 18.2. The Bertz CT molecular complexity index is 5140. The van der Waals surface area contributed by atoms with Gasteiger partial charge in [-0.1, -0.05) is 188 Å². The van der Waals surface area contributed by atoms with Crippen molar-refractivity contribution < 1.29 is 24.2 Å². The second kappa shape index (κ2) is 26.4. The van der Waals surface area contributed by atoms with E-state index in [2.05, 4.69) is 372 Å². The fraction of sp³-hybridized carbons (Fsp3) is 0.450. The molecular formula is C100H124N5+5. The van der Waals surface area contributed by atoms with E-state index in [0.29, 0.717) is 10.8 Å². The van der Waals surface area contributed by atoms with Gasteiger partial charge in [0.05, 0.1) is 0 Å². The largest absolute Gasteiger partial charge is 0.216 e. The number of fused-ring (bicyclic) bond motifs is 17. The number of nitrogens with zero attached hydrogens (tertiary/aromatic N) is 5. The SMILES string of the molecule is Cc1ccccc1-c1c2c(cc[n+]1C)C(C)(C)CC2(C)C.Cc1ccccc1-c1c2c(cc[n+]1C)C1CCC2C1.Cc1ccccc1-c1cc2c(c[n+]1C)C(C)(C)CC2(C)C.Cc1ccccc1-c1cc2c(c[n+]1C)C1(C)CCC2C1(C)C.[2H]C12CCC(C)(c3c[n+](C)c(-c4ccccc4C)cc31)C2(C)C. The molecule has 0 amide bonds. The number of hydrogen-bond donors (Lipinski definition) is 0. The van der Waals surface area contributed by atoms with Gasteiger partial charge in [-0.15, -0.1) is 0 Å². The molecule has 0 spiro atoms. The topological polar surface area (TPSA) is 19.4 Å². The number of aryl methyl sites for hydroxylation is 10. The lowest BCUT2D eigenvalue weighted by molar-refractivity contribution is -0.661. The maximum atomic E-state index is 9.25. The van der Waals surface area contributed by atoms with Crippen LogP contribution in [-0.4, -0.2) is 0 Å². The average molecular weight is 1400 g/mol. The van der Waals surface area contributed by atoms with Gasteiger partial charge in [-0.25, -0.2) is 22.8 Å². The highest BCUT2D eigenvalue weighted by Gasteiger charge is 2.62. The zero-order chi connectivity index (χ0) is 76.1. The normalized spacial score (nSPS) is 24.3. The van der Waals surface area contributed by atoms with Crippen molar-refractivity contribution in [2.45, 2.75) is 245 Å². The molecule has 8 aliphatic carbocycles. The molecule has 6 bridgehead atoms. The molecule has 6 atom stereocenters. The molecule has 5 heteroatoms. The summed E-state index contributed by atoms with van der Waals surface area (Å²) >= 11 is 0. The van der Waals surface area contributed by atoms with Gasteiger partial charge in [0, 0.05) is 98.2 Å². The minimum atomic E-state index is -0.456. The van der Waals surface area contributed by atoms with Gasteiger partial charge in [-0.3, -0.25) is 0 Å². The monoisotopic (exact) mass is 1400 g/mol. The van der Waals surface area contributed by atoms with Gasteiger partial charge in [0.1, 0.15) is 35.2 Å². The molecular weight excluding hydrogens is 1270 g/mol. The minimum Gasteiger partial charge on any atom is -0.201 e. The lowest BCUT2D eigenvalue weighted by Gasteiger charge is -2.34. The minimum absolute atomic E-state index is 0.0142. The van der Waals surface area contributed by atoms with E-state index in [1.807, 2.05) is 0 Å². The lowest BCUT2D eigenvalue weighted by atomic mass is 9.69. The van der Waals surface area contributed by atoms with Gasteiger partial charge < -0.3 is 0 Å². The molecule has 0 saturated heterocycles. The van der Waals surface area contributed by atoms with Crippen LogP contribution in [0.3, 0.4) is 0 Å². The van der Waals surface area contributed by atoms with E-state index in [0.717, 1.165) is 30.6 Å². The highest BCUT2D eigenvalue weighted by atomic mass is 15.0.